The summed E-state index contributed by atoms with van der Waals surface area (Å²) in [7, 11) is 0. The fraction of sp³-hybridized carbons (Fsp3) is 0. The highest BCUT2D eigenvalue weighted by Crippen LogP contribution is 2.40. The van der Waals surface area contributed by atoms with Crippen molar-refractivity contribution >= 4 is 44.5 Å². The van der Waals surface area contributed by atoms with Crippen molar-refractivity contribution in [1.82, 2.24) is 0 Å². The molecule has 0 N–H and O–H groups in total. The average Bonchev–Trinajstić information content (AvgIpc) is 3.23. The van der Waals surface area contributed by atoms with Gasteiger partial charge in [-0.25, -0.2) is 0 Å². The summed E-state index contributed by atoms with van der Waals surface area (Å²) in [5.41, 5.74) is 4.63. The van der Waals surface area contributed by atoms with Gasteiger partial charge >= 0.3 is 0 Å². The van der Waals surface area contributed by atoms with Crippen molar-refractivity contribution in [3.63, 3.8) is 0 Å². The van der Waals surface area contributed by atoms with Gasteiger partial charge in [-0.1, -0.05) is 54.6 Å². The quantitative estimate of drug-likeness (QED) is 0.347. The smallest absolute Gasteiger partial charge is 0.260 e. The van der Waals surface area contributed by atoms with Crippen LogP contribution in [0.2, 0.25) is 0 Å². The van der Waals surface area contributed by atoms with Crippen LogP contribution in [0.5, 0.6) is 23.0 Å². The number of hydrogen-bond acceptors (Lipinski definition) is 3. The highest BCUT2D eigenvalue weighted by molar-refractivity contribution is 7.22. The van der Waals surface area contributed by atoms with E-state index in [1.54, 1.807) is 11.3 Å². The Kier molecular flexibility index (Phi) is 3.27. The van der Waals surface area contributed by atoms with Crippen molar-refractivity contribution in [3.05, 3.63) is 91.0 Å². The zero-order valence-corrected chi connectivity index (χ0v) is 16.8. The molecule has 4 heteroatoms. The lowest BCUT2D eigenvalue weighted by molar-refractivity contribution is 0.465. The predicted octanol–water partition coefficient (Wildman–Crippen LogP) is 5.30. The summed E-state index contributed by atoms with van der Waals surface area (Å²) in [6, 6.07) is 31.8. The third kappa shape index (κ3) is 2.25. The van der Waals surface area contributed by atoms with Gasteiger partial charge in [0, 0.05) is 15.0 Å². The van der Waals surface area contributed by atoms with Crippen molar-refractivity contribution in [2.24, 2.45) is 0 Å². The second kappa shape index (κ2) is 6.00. The molecule has 2 aliphatic heterocycles. The zero-order valence-electron chi connectivity index (χ0n) is 16.0. The minimum absolute atomic E-state index is 0.126. The third-order valence-corrected chi connectivity index (χ3v) is 7.17. The normalized spacial score (nSPS) is 13.1. The molecule has 0 amide bonds. The molecule has 0 aliphatic carbocycles. The fourth-order valence-corrected chi connectivity index (χ4v) is 5.71. The number of fused-ring (bicyclic) bond motifs is 5. The van der Waals surface area contributed by atoms with Gasteiger partial charge in [-0.2, -0.15) is 0 Å². The fourth-order valence-electron chi connectivity index (χ4n) is 4.66. The molecule has 5 aromatic rings. The molecule has 140 valence electrons. The van der Waals surface area contributed by atoms with Gasteiger partial charge in [0.15, 0.2) is 0 Å². The van der Waals surface area contributed by atoms with Gasteiger partial charge in [0.25, 0.3) is 6.71 Å². The first kappa shape index (κ1) is 16.3. The summed E-state index contributed by atoms with van der Waals surface area (Å²) in [6.45, 7) is 0.126. The molecule has 0 fully saturated rings. The first-order valence-corrected chi connectivity index (χ1v) is 10.9. The van der Waals surface area contributed by atoms with Crippen LogP contribution in [0.15, 0.2) is 91.0 Å². The van der Waals surface area contributed by atoms with E-state index in [-0.39, 0.29) is 6.71 Å². The highest BCUT2D eigenvalue weighted by Gasteiger charge is 2.40. The number of para-hydroxylation sites is 2. The Bertz CT molecular complexity index is 1370. The molecule has 0 unspecified atom stereocenters. The molecule has 0 radical (unpaired) electrons. The molecular weight excluding hydrogens is 387 g/mol. The van der Waals surface area contributed by atoms with Gasteiger partial charge in [0.2, 0.25) is 0 Å². The Morgan fingerprint density at radius 1 is 0.600 bits per heavy atom. The third-order valence-electron chi connectivity index (χ3n) is 6.00. The number of benzene rings is 4. The number of rotatable bonds is 1. The Morgan fingerprint density at radius 2 is 1.20 bits per heavy atom. The summed E-state index contributed by atoms with van der Waals surface area (Å²) < 4.78 is 14.1. The maximum atomic E-state index is 6.40. The molecule has 2 aliphatic rings. The van der Waals surface area contributed by atoms with Crippen LogP contribution in [0.4, 0.5) is 0 Å². The maximum Gasteiger partial charge on any atom is 0.260 e. The first-order valence-electron chi connectivity index (χ1n) is 10.1. The van der Waals surface area contributed by atoms with Gasteiger partial charge in [0.1, 0.15) is 23.0 Å². The van der Waals surface area contributed by atoms with Crippen LogP contribution in [-0.4, -0.2) is 6.71 Å². The van der Waals surface area contributed by atoms with Crippen LogP contribution >= 0.6 is 11.3 Å². The minimum atomic E-state index is 0.126. The van der Waals surface area contributed by atoms with E-state index in [0.717, 1.165) is 34.0 Å². The maximum absolute atomic E-state index is 6.40. The lowest BCUT2D eigenvalue weighted by Crippen LogP contribution is -2.57. The summed E-state index contributed by atoms with van der Waals surface area (Å²) in [5, 5.41) is 1.26. The lowest BCUT2D eigenvalue weighted by atomic mass is 9.35. The molecule has 1 aromatic heterocycles. The molecule has 0 saturated heterocycles. The van der Waals surface area contributed by atoms with Crippen LogP contribution in [0, 0.1) is 0 Å². The van der Waals surface area contributed by atoms with Crippen LogP contribution in [0.1, 0.15) is 0 Å². The van der Waals surface area contributed by atoms with E-state index in [1.807, 2.05) is 12.1 Å². The Hall–Kier alpha value is -3.50. The van der Waals surface area contributed by atoms with E-state index in [0.29, 0.717) is 0 Å². The predicted molar refractivity (Wildman–Crippen MR) is 125 cm³/mol. The number of hydrogen-bond donors (Lipinski definition) is 0. The van der Waals surface area contributed by atoms with Crippen LogP contribution < -0.4 is 25.9 Å². The Labute approximate surface area is 178 Å². The van der Waals surface area contributed by atoms with Crippen LogP contribution in [0.3, 0.4) is 0 Å². The highest BCUT2D eigenvalue weighted by atomic mass is 32.1. The first-order chi connectivity index (χ1) is 14.8. The number of ether oxygens (including phenoxy) is 2. The Morgan fingerprint density at radius 3 is 1.87 bits per heavy atom. The van der Waals surface area contributed by atoms with E-state index in [4.69, 9.17) is 9.47 Å². The van der Waals surface area contributed by atoms with E-state index in [1.165, 1.54) is 25.9 Å². The van der Waals surface area contributed by atoms with Gasteiger partial charge in [-0.05, 0) is 58.3 Å². The summed E-state index contributed by atoms with van der Waals surface area (Å²) >= 11 is 1.80. The lowest BCUT2D eigenvalue weighted by Gasteiger charge is -2.33. The summed E-state index contributed by atoms with van der Waals surface area (Å²) in [6.07, 6.45) is 0. The SMILES string of the molecule is c1ccc2c(c1)Oc1cc(-c3cc4ccccc4s3)cc3c1B2c1ccccc1O3. The summed E-state index contributed by atoms with van der Waals surface area (Å²) in [4.78, 5) is 1.22. The zero-order chi connectivity index (χ0) is 19.7. The van der Waals surface area contributed by atoms with Gasteiger partial charge in [0.05, 0.1) is 0 Å². The monoisotopic (exact) mass is 402 g/mol. The second-order valence-corrected chi connectivity index (χ2v) is 8.83. The van der Waals surface area contributed by atoms with Crippen molar-refractivity contribution < 1.29 is 9.47 Å². The molecule has 0 atom stereocenters. The van der Waals surface area contributed by atoms with Crippen molar-refractivity contribution in [2.75, 3.05) is 0 Å². The van der Waals surface area contributed by atoms with Gasteiger partial charge in [-0.15, -0.1) is 11.3 Å². The van der Waals surface area contributed by atoms with E-state index in [9.17, 15) is 0 Å². The molecule has 0 bridgehead atoms. The molecule has 30 heavy (non-hydrogen) atoms. The molecule has 3 heterocycles. The van der Waals surface area contributed by atoms with Crippen LogP contribution in [0.25, 0.3) is 20.5 Å². The van der Waals surface area contributed by atoms with Crippen LogP contribution in [-0.2, 0) is 0 Å². The van der Waals surface area contributed by atoms with Gasteiger partial charge < -0.3 is 9.47 Å². The molecule has 7 rings (SSSR count). The summed E-state index contributed by atoms with van der Waals surface area (Å²) in [5.74, 6) is 3.62. The number of thiophene rings is 1. The van der Waals surface area contributed by atoms with E-state index in [2.05, 4.69) is 78.9 Å². The Balaban J connectivity index is 1.49. The molecule has 2 nitrogen and oxygen atoms in total. The average molecular weight is 402 g/mol. The standard InChI is InChI=1S/C26H15BO2S/c1-6-12-24-16(7-1)15-25(30-24)17-13-22-26-23(14-17)29-21-11-5-3-9-19(21)27(26)18-8-2-4-10-20(18)28-22/h1-15H. The molecular formula is C26H15BO2S. The second-order valence-electron chi connectivity index (χ2n) is 7.75. The minimum Gasteiger partial charge on any atom is -0.458 e. The molecule has 4 aromatic carbocycles. The van der Waals surface area contributed by atoms with E-state index < -0.39 is 0 Å². The molecule has 0 spiro atoms. The van der Waals surface area contributed by atoms with Crippen molar-refractivity contribution in [2.45, 2.75) is 0 Å². The molecule has 0 saturated carbocycles. The topological polar surface area (TPSA) is 18.5 Å². The largest absolute Gasteiger partial charge is 0.458 e. The van der Waals surface area contributed by atoms with Gasteiger partial charge in [-0.3, -0.25) is 0 Å². The van der Waals surface area contributed by atoms with E-state index >= 15 is 0 Å². The van der Waals surface area contributed by atoms with Crippen molar-refractivity contribution in [3.8, 4) is 33.4 Å². The van der Waals surface area contributed by atoms with Crippen molar-refractivity contribution in [1.29, 1.82) is 0 Å².